The van der Waals surface area contributed by atoms with Crippen LogP contribution in [0.3, 0.4) is 0 Å². The summed E-state index contributed by atoms with van der Waals surface area (Å²) in [6, 6.07) is 4.69. The molecule has 2 aliphatic carbocycles. The lowest BCUT2D eigenvalue weighted by molar-refractivity contribution is -0.138. The van der Waals surface area contributed by atoms with Gasteiger partial charge in [-0.2, -0.15) is 0 Å². The molecule has 3 N–H and O–H groups in total. The largest absolute Gasteiger partial charge is 0.480 e. The lowest BCUT2D eigenvalue weighted by Crippen LogP contribution is -2.32. The zero-order chi connectivity index (χ0) is 15.4. The Balaban J connectivity index is 0.000000170. The second kappa shape index (κ2) is 6.28. The SMILES string of the molecule is NC(Cc1ccc(F)cc1)C(=O)O.O=C1C2=CC=C1C=C2. The maximum Gasteiger partial charge on any atom is 0.320 e. The van der Waals surface area contributed by atoms with Gasteiger partial charge in [0.05, 0.1) is 0 Å². The maximum atomic E-state index is 12.4. The lowest BCUT2D eigenvalue weighted by atomic mass is 10.1. The summed E-state index contributed by atoms with van der Waals surface area (Å²) in [5.74, 6) is -1.21. The number of hydrogen-bond donors (Lipinski definition) is 2. The van der Waals surface area contributed by atoms with Crippen LogP contribution in [-0.4, -0.2) is 22.9 Å². The van der Waals surface area contributed by atoms with Gasteiger partial charge in [-0.3, -0.25) is 9.59 Å². The third-order valence-electron chi connectivity index (χ3n) is 3.10. The van der Waals surface area contributed by atoms with Gasteiger partial charge in [0.15, 0.2) is 5.78 Å². The van der Waals surface area contributed by atoms with E-state index in [9.17, 15) is 14.0 Å². The molecule has 0 fully saturated rings. The van der Waals surface area contributed by atoms with Crippen LogP contribution in [-0.2, 0) is 16.0 Å². The van der Waals surface area contributed by atoms with E-state index in [-0.39, 0.29) is 18.0 Å². The fraction of sp³-hybridized carbons (Fsp3) is 0.125. The number of allylic oxidation sites excluding steroid dienone is 6. The summed E-state index contributed by atoms with van der Waals surface area (Å²) < 4.78 is 12.4. The van der Waals surface area contributed by atoms with Crippen LogP contribution in [0.5, 0.6) is 0 Å². The quantitative estimate of drug-likeness (QED) is 0.888. The summed E-state index contributed by atoms with van der Waals surface area (Å²) in [4.78, 5) is 21.1. The molecule has 0 amide bonds. The maximum absolute atomic E-state index is 12.4. The van der Waals surface area contributed by atoms with Crippen molar-refractivity contribution in [1.82, 2.24) is 0 Å². The van der Waals surface area contributed by atoms with Crippen LogP contribution in [0.15, 0.2) is 59.7 Å². The Morgan fingerprint density at radius 2 is 1.67 bits per heavy atom. The number of carbonyl (C=O) groups excluding carboxylic acids is 1. The molecule has 2 bridgehead atoms. The smallest absolute Gasteiger partial charge is 0.320 e. The van der Waals surface area contributed by atoms with Gasteiger partial charge in [-0.05, 0) is 24.1 Å². The number of nitrogens with two attached hydrogens (primary N) is 1. The third kappa shape index (κ3) is 3.73. The highest BCUT2D eigenvalue weighted by Crippen LogP contribution is 2.23. The number of carbonyl (C=O) groups is 2. The molecule has 0 heterocycles. The van der Waals surface area contributed by atoms with Gasteiger partial charge < -0.3 is 10.8 Å². The molecule has 108 valence electrons. The average molecular weight is 287 g/mol. The highest BCUT2D eigenvalue weighted by atomic mass is 19.1. The Bertz CT molecular complexity index is 633. The van der Waals surface area contributed by atoms with E-state index >= 15 is 0 Å². The Labute approximate surface area is 121 Å². The number of aliphatic carboxylic acids is 1. The van der Waals surface area contributed by atoms with Crippen LogP contribution in [0.25, 0.3) is 0 Å². The van der Waals surface area contributed by atoms with Crippen molar-refractivity contribution < 1.29 is 19.1 Å². The molecule has 5 heteroatoms. The van der Waals surface area contributed by atoms with Gasteiger partial charge >= 0.3 is 5.97 Å². The summed E-state index contributed by atoms with van der Waals surface area (Å²) >= 11 is 0. The normalized spacial score (nSPS) is 16.0. The fourth-order valence-electron chi connectivity index (χ4n) is 1.90. The highest BCUT2D eigenvalue weighted by Gasteiger charge is 2.20. The van der Waals surface area contributed by atoms with E-state index in [1.807, 2.05) is 24.3 Å². The molecule has 0 saturated heterocycles. The third-order valence-corrected chi connectivity index (χ3v) is 3.10. The summed E-state index contributed by atoms with van der Waals surface area (Å²) in [6.45, 7) is 0. The van der Waals surface area contributed by atoms with Crippen molar-refractivity contribution in [3.8, 4) is 0 Å². The Hall–Kier alpha value is -2.53. The van der Waals surface area contributed by atoms with Crippen LogP contribution in [0.1, 0.15) is 5.56 Å². The summed E-state index contributed by atoms with van der Waals surface area (Å²) in [5.41, 5.74) is 7.68. The lowest BCUT2D eigenvalue weighted by Gasteiger charge is -2.05. The molecule has 0 spiro atoms. The van der Waals surface area contributed by atoms with Gasteiger partial charge in [0.2, 0.25) is 0 Å². The molecule has 2 aliphatic rings. The van der Waals surface area contributed by atoms with Gasteiger partial charge in [0.25, 0.3) is 0 Å². The topological polar surface area (TPSA) is 80.4 Å². The minimum atomic E-state index is -1.05. The second-order valence-corrected chi connectivity index (χ2v) is 4.68. The molecule has 0 saturated carbocycles. The molecule has 3 rings (SSSR count). The van der Waals surface area contributed by atoms with Crippen LogP contribution in [0.2, 0.25) is 0 Å². The molecule has 0 aliphatic heterocycles. The fourth-order valence-corrected chi connectivity index (χ4v) is 1.90. The van der Waals surface area contributed by atoms with Crippen molar-refractivity contribution in [3.05, 3.63) is 71.1 Å². The van der Waals surface area contributed by atoms with Gasteiger partial charge in [-0.25, -0.2) is 4.39 Å². The van der Waals surface area contributed by atoms with Gasteiger partial charge in [0.1, 0.15) is 11.9 Å². The number of Topliss-reactive ketones (excluding diaryl/α,β-unsaturated/α-hetero) is 1. The van der Waals surface area contributed by atoms with E-state index in [0.29, 0.717) is 0 Å². The average Bonchev–Trinajstić information content (AvgIpc) is 3.00. The van der Waals surface area contributed by atoms with E-state index < -0.39 is 12.0 Å². The van der Waals surface area contributed by atoms with Gasteiger partial charge in [-0.1, -0.05) is 36.4 Å². The first-order valence-corrected chi connectivity index (χ1v) is 6.35. The van der Waals surface area contributed by atoms with E-state index in [1.54, 1.807) is 0 Å². The molecule has 1 unspecified atom stereocenters. The van der Waals surface area contributed by atoms with Crippen LogP contribution < -0.4 is 5.73 Å². The molecule has 1 atom stereocenters. The Morgan fingerprint density at radius 3 is 2.00 bits per heavy atom. The van der Waals surface area contributed by atoms with Crippen molar-refractivity contribution in [1.29, 1.82) is 0 Å². The van der Waals surface area contributed by atoms with Crippen molar-refractivity contribution in [2.45, 2.75) is 12.5 Å². The molecule has 0 radical (unpaired) electrons. The number of rotatable bonds is 3. The Morgan fingerprint density at radius 1 is 1.14 bits per heavy atom. The zero-order valence-electron chi connectivity index (χ0n) is 11.1. The first-order chi connectivity index (χ1) is 9.97. The summed E-state index contributed by atoms with van der Waals surface area (Å²) in [6.07, 6.45) is 7.60. The molecule has 0 aromatic heterocycles. The van der Waals surface area contributed by atoms with Crippen LogP contribution in [0, 0.1) is 5.82 Å². The minimum absolute atomic E-state index is 0.185. The number of carboxylic acid groups (broad SMARTS) is 1. The summed E-state index contributed by atoms with van der Waals surface area (Å²) in [5, 5.41) is 8.50. The number of ketones is 1. The molecule has 1 aromatic carbocycles. The van der Waals surface area contributed by atoms with Gasteiger partial charge in [0, 0.05) is 11.1 Å². The predicted octanol–water partition coefficient (Wildman–Crippen LogP) is 1.77. The molecule has 4 nitrogen and oxygen atoms in total. The molecule has 1 aromatic rings. The number of fused-ring (bicyclic) bond motifs is 2. The predicted molar refractivity (Wildman–Crippen MR) is 76.0 cm³/mol. The van der Waals surface area contributed by atoms with Crippen LogP contribution in [0.4, 0.5) is 4.39 Å². The number of carboxylic acids is 1. The Kier molecular flexibility index (Phi) is 4.45. The van der Waals surface area contributed by atoms with Crippen LogP contribution >= 0.6 is 0 Å². The first-order valence-electron chi connectivity index (χ1n) is 6.35. The van der Waals surface area contributed by atoms with E-state index in [4.69, 9.17) is 10.8 Å². The number of hydrogen-bond acceptors (Lipinski definition) is 3. The number of halogens is 1. The van der Waals surface area contributed by atoms with Crippen molar-refractivity contribution in [2.24, 2.45) is 5.73 Å². The zero-order valence-corrected chi connectivity index (χ0v) is 11.1. The van der Waals surface area contributed by atoms with Crippen molar-refractivity contribution in [2.75, 3.05) is 0 Å². The molecule has 21 heavy (non-hydrogen) atoms. The van der Waals surface area contributed by atoms with Crippen molar-refractivity contribution >= 4 is 11.8 Å². The first kappa shape index (κ1) is 14.9. The standard InChI is InChI=1S/C9H10FNO2.C7H4O/c10-7-3-1-6(2-4-7)5-8(11)9(12)13;8-7-5-1-2-6(7)4-3-5/h1-4,8H,5,11H2,(H,12,13);1-4H. The monoisotopic (exact) mass is 287 g/mol. The summed E-state index contributed by atoms with van der Waals surface area (Å²) in [7, 11) is 0. The number of benzene rings is 1. The van der Waals surface area contributed by atoms with Crippen molar-refractivity contribution in [3.63, 3.8) is 0 Å². The van der Waals surface area contributed by atoms with Gasteiger partial charge in [-0.15, -0.1) is 0 Å². The van der Waals surface area contributed by atoms with E-state index in [0.717, 1.165) is 16.7 Å². The molecular formula is C16H14FNO3. The molecular weight excluding hydrogens is 273 g/mol. The second-order valence-electron chi connectivity index (χ2n) is 4.68. The highest BCUT2D eigenvalue weighted by molar-refractivity contribution is 6.17. The van der Waals surface area contributed by atoms with E-state index in [2.05, 4.69) is 0 Å². The minimum Gasteiger partial charge on any atom is -0.480 e. The van der Waals surface area contributed by atoms with E-state index in [1.165, 1.54) is 24.3 Å².